The highest BCUT2D eigenvalue weighted by atomic mass is 16.3. The number of hydrogen-bond acceptors (Lipinski definition) is 4. The maximum absolute atomic E-state index is 6.34. The van der Waals surface area contributed by atoms with Crippen LogP contribution in [0.15, 0.2) is 162 Å². The smallest absolute Gasteiger partial charge is 0.164 e. The fourth-order valence-corrected chi connectivity index (χ4v) is 7.85. The number of fused-ring (bicyclic) bond motifs is 8. The number of aromatic nitrogens is 4. The summed E-state index contributed by atoms with van der Waals surface area (Å²) in [4.78, 5) is 15.5. The van der Waals surface area contributed by atoms with Gasteiger partial charge in [-0.15, -0.1) is 0 Å². The van der Waals surface area contributed by atoms with Gasteiger partial charge in [-0.2, -0.15) is 0 Å². The average Bonchev–Trinajstić information content (AvgIpc) is 3.74. The fourth-order valence-electron chi connectivity index (χ4n) is 7.85. The van der Waals surface area contributed by atoms with E-state index >= 15 is 0 Å². The zero-order valence-electron chi connectivity index (χ0n) is 28.1. The molecule has 5 nitrogen and oxygen atoms in total. The normalized spacial score (nSPS) is 13.3. The van der Waals surface area contributed by atoms with Crippen LogP contribution in [0.2, 0.25) is 0 Å². The van der Waals surface area contributed by atoms with Gasteiger partial charge in [0.15, 0.2) is 17.5 Å². The minimum Gasteiger partial charge on any atom is -0.456 e. The molecule has 0 bridgehead atoms. The number of nitrogens with zero attached hydrogens (tertiary/aromatic N) is 4. The maximum Gasteiger partial charge on any atom is 0.164 e. The summed E-state index contributed by atoms with van der Waals surface area (Å²) in [5.74, 6) is 1.88. The molecule has 5 heteroatoms. The molecule has 3 aromatic heterocycles. The first-order valence-corrected chi connectivity index (χ1v) is 17.7. The van der Waals surface area contributed by atoms with Gasteiger partial charge in [0.1, 0.15) is 11.2 Å². The van der Waals surface area contributed by atoms with E-state index in [-0.39, 0.29) is 0 Å². The lowest BCUT2D eigenvalue weighted by Gasteiger charge is -2.12. The van der Waals surface area contributed by atoms with Crippen LogP contribution in [-0.2, 0) is 0 Å². The molecule has 10 aromatic rings. The van der Waals surface area contributed by atoms with Crippen LogP contribution in [0.1, 0.15) is 12.8 Å². The Morgan fingerprint density at radius 2 is 1.04 bits per heavy atom. The highest BCUT2D eigenvalue weighted by Crippen LogP contribution is 2.38. The van der Waals surface area contributed by atoms with Crippen LogP contribution in [0.4, 0.5) is 0 Å². The number of allylic oxidation sites excluding steroid dienone is 4. The second kappa shape index (κ2) is 11.3. The molecule has 0 radical (unpaired) electrons. The highest BCUT2D eigenvalue weighted by Gasteiger charge is 2.18. The summed E-state index contributed by atoms with van der Waals surface area (Å²) in [6.45, 7) is 0. The first kappa shape index (κ1) is 28.9. The Morgan fingerprint density at radius 1 is 0.442 bits per heavy atom. The Kier molecular flexibility index (Phi) is 6.31. The van der Waals surface area contributed by atoms with E-state index in [2.05, 4.69) is 156 Å². The molecule has 0 atom stereocenters. The van der Waals surface area contributed by atoms with Gasteiger partial charge >= 0.3 is 0 Å². The summed E-state index contributed by atoms with van der Waals surface area (Å²) in [6, 6.07) is 49.0. The molecule has 3 heterocycles. The quantitative estimate of drug-likeness (QED) is 0.188. The third-order valence-electron chi connectivity index (χ3n) is 10.4. The largest absolute Gasteiger partial charge is 0.456 e. The predicted octanol–water partition coefficient (Wildman–Crippen LogP) is 12.4. The number of rotatable bonds is 4. The molecule has 0 N–H and O–H groups in total. The van der Waals surface area contributed by atoms with Crippen molar-refractivity contribution in [3.63, 3.8) is 0 Å². The van der Waals surface area contributed by atoms with Crippen molar-refractivity contribution in [2.75, 3.05) is 0 Å². The van der Waals surface area contributed by atoms with Gasteiger partial charge in [0.25, 0.3) is 0 Å². The third kappa shape index (κ3) is 4.60. The van der Waals surface area contributed by atoms with Crippen molar-refractivity contribution in [3.05, 3.63) is 158 Å². The molecule has 52 heavy (non-hydrogen) atoms. The molecule has 7 aromatic carbocycles. The SMILES string of the molecule is C1=CC(n2c3ccccc3c3cc(-c4nc(-c5ccc6ccccc6c5)nc(-c5ccc6oc7cc8ccccc8cc7c6c5)n4)ccc32)=CCC1. The molecule has 0 fully saturated rings. The van der Waals surface area contributed by atoms with E-state index < -0.39 is 0 Å². The van der Waals surface area contributed by atoms with Crippen molar-refractivity contribution in [3.8, 4) is 34.2 Å². The van der Waals surface area contributed by atoms with Crippen molar-refractivity contribution < 1.29 is 4.42 Å². The van der Waals surface area contributed by atoms with Gasteiger partial charge in [0, 0.05) is 43.9 Å². The van der Waals surface area contributed by atoms with E-state index in [0.29, 0.717) is 17.5 Å². The molecular formula is C47H30N4O. The summed E-state index contributed by atoms with van der Waals surface area (Å²) in [5.41, 5.74) is 8.05. The van der Waals surface area contributed by atoms with E-state index in [0.717, 1.165) is 67.8 Å². The molecule has 0 spiro atoms. The molecule has 1 aliphatic carbocycles. The Hall–Kier alpha value is -6.85. The molecule has 0 aliphatic heterocycles. The monoisotopic (exact) mass is 666 g/mol. The second-order valence-electron chi connectivity index (χ2n) is 13.6. The third-order valence-corrected chi connectivity index (χ3v) is 10.4. The summed E-state index contributed by atoms with van der Waals surface area (Å²) >= 11 is 0. The molecule has 0 saturated heterocycles. The zero-order chi connectivity index (χ0) is 34.2. The molecule has 0 amide bonds. The van der Waals surface area contributed by atoms with Gasteiger partial charge in [-0.1, -0.05) is 91.0 Å². The topological polar surface area (TPSA) is 56.7 Å². The van der Waals surface area contributed by atoms with Crippen molar-refractivity contribution in [2.45, 2.75) is 12.8 Å². The van der Waals surface area contributed by atoms with Crippen molar-refractivity contribution in [1.82, 2.24) is 19.5 Å². The van der Waals surface area contributed by atoms with Crippen LogP contribution < -0.4 is 0 Å². The Morgan fingerprint density at radius 3 is 1.81 bits per heavy atom. The molecule has 0 unspecified atom stereocenters. The lowest BCUT2D eigenvalue weighted by Crippen LogP contribution is -2.00. The standard InChI is InChI=1S/C47H30N4O/c1-2-14-36(15-3-1)51-41-17-9-8-16-37(41)38-26-34(20-22-42(38)51)46-48-45(33-19-18-29-10-4-5-11-30(29)24-33)49-47(50-46)35-21-23-43-39(27-35)40-25-31-12-6-7-13-32(31)28-44(40)52-43/h2,4-28H,1,3H2. The minimum atomic E-state index is 0.616. The van der Waals surface area contributed by atoms with E-state index in [4.69, 9.17) is 19.4 Å². The lowest BCUT2D eigenvalue weighted by molar-refractivity contribution is 0.669. The lowest BCUT2D eigenvalue weighted by atomic mass is 10.0. The first-order valence-electron chi connectivity index (χ1n) is 17.7. The highest BCUT2D eigenvalue weighted by molar-refractivity contribution is 6.12. The van der Waals surface area contributed by atoms with Gasteiger partial charge in [-0.3, -0.25) is 0 Å². The zero-order valence-corrected chi connectivity index (χ0v) is 28.1. The Bertz CT molecular complexity index is 3140. The summed E-state index contributed by atoms with van der Waals surface area (Å²) in [5, 5.41) is 9.13. The maximum atomic E-state index is 6.34. The summed E-state index contributed by atoms with van der Waals surface area (Å²) in [6.07, 6.45) is 8.94. The summed E-state index contributed by atoms with van der Waals surface area (Å²) in [7, 11) is 0. The summed E-state index contributed by atoms with van der Waals surface area (Å²) < 4.78 is 8.71. The molecule has 11 rings (SSSR count). The number of hydrogen-bond donors (Lipinski definition) is 0. The first-order chi connectivity index (χ1) is 25.7. The van der Waals surface area contributed by atoms with Gasteiger partial charge in [0.05, 0.1) is 11.0 Å². The molecule has 0 saturated carbocycles. The molecule has 244 valence electrons. The van der Waals surface area contributed by atoms with E-state index in [1.165, 1.54) is 32.8 Å². The van der Waals surface area contributed by atoms with Crippen LogP contribution in [-0.4, -0.2) is 19.5 Å². The predicted molar refractivity (Wildman–Crippen MR) is 214 cm³/mol. The number of furan rings is 1. The Balaban J connectivity index is 1.12. The van der Waals surface area contributed by atoms with Crippen LogP contribution in [0, 0.1) is 0 Å². The average molecular weight is 667 g/mol. The Labute approximate surface area is 298 Å². The fraction of sp³-hybridized carbons (Fsp3) is 0.0426. The van der Waals surface area contributed by atoms with Crippen LogP contribution in [0.25, 0.3) is 105 Å². The van der Waals surface area contributed by atoms with Crippen molar-refractivity contribution in [2.24, 2.45) is 0 Å². The van der Waals surface area contributed by atoms with Crippen molar-refractivity contribution >= 4 is 71.0 Å². The second-order valence-corrected chi connectivity index (χ2v) is 13.6. The van der Waals surface area contributed by atoms with E-state index in [9.17, 15) is 0 Å². The van der Waals surface area contributed by atoms with Crippen LogP contribution >= 0.6 is 0 Å². The van der Waals surface area contributed by atoms with Crippen molar-refractivity contribution in [1.29, 1.82) is 0 Å². The van der Waals surface area contributed by atoms with Gasteiger partial charge in [0.2, 0.25) is 0 Å². The number of benzene rings is 7. The number of para-hydroxylation sites is 1. The van der Waals surface area contributed by atoms with Crippen LogP contribution in [0.5, 0.6) is 0 Å². The van der Waals surface area contributed by atoms with Gasteiger partial charge in [-0.05, 0) is 101 Å². The van der Waals surface area contributed by atoms with Crippen LogP contribution in [0.3, 0.4) is 0 Å². The van der Waals surface area contributed by atoms with E-state index in [1.807, 2.05) is 6.07 Å². The minimum absolute atomic E-state index is 0.616. The molecular weight excluding hydrogens is 637 g/mol. The molecule has 1 aliphatic rings. The van der Waals surface area contributed by atoms with E-state index in [1.54, 1.807) is 0 Å². The van der Waals surface area contributed by atoms with Gasteiger partial charge < -0.3 is 8.98 Å². The van der Waals surface area contributed by atoms with Gasteiger partial charge in [-0.25, -0.2) is 15.0 Å².